The fourth-order valence-corrected chi connectivity index (χ4v) is 3.25. The maximum atomic E-state index is 11.9. The Kier molecular flexibility index (Phi) is 8.27. The highest BCUT2D eigenvalue weighted by Gasteiger charge is 2.09. The van der Waals surface area contributed by atoms with Crippen LogP contribution in [0.15, 0.2) is 34.2 Å². The molecule has 0 atom stereocenters. The number of amides is 1. The summed E-state index contributed by atoms with van der Waals surface area (Å²) < 4.78 is 0. The SMILES string of the molecule is CCCc1cc(=O)[nH]c(SCC(=O)NCCNc2ccc([N+](=O)[O-])cc2Cl)n1. The number of halogens is 1. The van der Waals surface area contributed by atoms with E-state index in [0.29, 0.717) is 36.0 Å². The highest BCUT2D eigenvalue weighted by Crippen LogP contribution is 2.26. The van der Waals surface area contributed by atoms with E-state index in [1.807, 2.05) is 6.92 Å². The Bertz CT molecular complexity index is 905. The number of nitrogens with one attached hydrogen (secondary N) is 3. The molecule has 0 saturated heterocycles. The second kappa shape index (κ2) is 10.7. The maximum absolute atomic E-state index is 11.9. The molecule has 0 aliphatic heterocycles. The van der Waals surface area contributed by atoms with E-state index < -0.39 is 4.92 Å². The number of carbonyl (C=O) groups is 1. The lowest BCUT2D eigenvalue weighted by Crippen LogP contribution is -2.30. The van der Waals surface area contributed by atoms with Gasteiger partial charge in [-0.05, 0) is 12.5 Å². The van der Waals surface area contributed by atoms with Crippen LogP contribution < -0.4 is 16.2 Å². The van der Waals surface area contributed by atoms with E-state index in [0.717, 1.165) is 18.2 Å². The molecule has 1 heterocycles. The summed E-state index contributed by atoms with van der Waals surface area (Å²) in [4.78, 5) is 40.6. The number of H-pyrrole nitrogens is 1. The number of aryl methyl sites for hydroxylation is 1. The third-order valence-corrected chi connectivity index (χ3v) is 4.73. The van der Waals surface area contributed by atoms with Crippen LogP contribution in [0.4, 0.5) is 11.4 Å². The first-order valence-corrected chi connectivity index (χ1v) is 9.93. The zero-order valence-corrected chi connectivity index (χ0v) is 16.7. The predicted octanol–water partition coefficient (Wildman–Crippen LogP) is 2.60. The molecule has 0 bridgehead atoms. The molecular formula is C17H20ClN5O4S. The van der Waals surface area contributed by atoms with E-state index in [1.165, 1.54) is 24.3 Å². The third-order valence-electron chi connectivity index (χ3n) is 3.55. The number of non-ortho nitro benzene ring substituents is 1. The highest BCUT2D eigenvalue weighted by atomic mass is 35.5. The van der Waals surface area contributed by atoms with Crippen LogP contribution in [0.25, 0.3) is 0 Å². The van der Waals surface area contributed by atoms with Crippen LogP contribution in [-0.4, -0.2) is 39.6 Å². The summed E-state index contributed by atoms with van der Waals surface area (Å²) in [5.41, 5.74) is 0.935. The molecule has 150 valence electrons. The number of hydrogen-bond donors (Lipinski definition) is 3. The van der Waals surface area contributed by atoms with Crippen molar-refractivity contribution in [2.24, 2.45) is 0 Å². The van der Waals surface area contributed by atoms with Crippen molar-refractivity contribution in [2.45, 2.75) is 24.9 Å². The monoisotopic (exact) mass is 425 g/mol. The number of hydrogen-bond acceptors (Lipinski definition) is 7. The number of benzene rings is 1. The van der Waals surface area contributed by atoms with Crippen molar-refractivity contribution >= 4 is 40.6 Å². The van der Waals surface area contributed by atoms with Crippen molar-refractivity contribution < 1.29 is 9.72 Å². The molecule has 2 aromatic rings. The minimum Gasteiger partial charge on any atom is -0.382 e. The standard InChI is InChI=1S/C17H20ClN5O4S/c1-2-3-11-8-15(24)22-17(21-11)28-10-16(25)20-7-6-19-14-5-4-12(23(26)27)9-13(14)18/h4-5,8-9,19H,2-3,6-7,10H2,1H3,(H,20,25)(H,21,22,24). The number of nitro benzene ring substituents is 1. The van der Waals surface area contributed by atoms with Crippen molar-refractivity contribution in [1.82, 2.24) is 15.3 Å². The first-order chi connectivity index (χ1) is 13.4. The lowest BCUT2D eigenvalue weighted by molar-refractivity contribution is -0.384. The molecule has 0 unspecified atom stereocenters. The van der Waals surface area contributed by atoms with Gasteiger partial charge < -0.3 is 15.6 Å². The Morgan fingerprint density at radius 2 is 2.14 bits per heavy atom. The minimum absolute atomic E-state index is 0.0875. The van der Waals surface area contributed by atoms with Crippen molar-refractivity contribution in [3.8, 4) is 0 Å². The summed E-state index contributed by atoms with van der Waals surface area (Å²) in [5, 5.41) is 17.1. The van der Waals surface area contributed by atoms with Gasteiger partial charge in [0.05, 0.1) is 21.4 Å². The van der Waals surface area contributed by atoms with E-state index in [-0.39, 0.29) is 27.9 Å². The zero-order chi connectivity index (χ0) is 20.5. The van der Waals surface area contributed by atoms with Crippen molar-refractivity contribution in [2.75, 3.05) is 24.2 Å². The Morgan fingerprint density at radius 1 is 1.36 bits per heavy atom. The first-order valence-electron chi connectivity index (χ1n) is 8.56. The van der Waals surface area contributed by atoms with Gasteiger partial charge in [0.25, 0.3) is 11.2 Å². The van der Waals surface area contributed by atoms with Gasteiger partial charge in [0, 0.05) is 37.0 Å². The van der Waals surface area contributed by atoms with Gasteiger partial charge in [-0.25, -0.2) is 4.98 Å². The van der Waals surface area contributed by atoms with E-state index in [4.69, 9.17) is 11.6 Å². The number of nitrogens with zero attached hydrogens (tertiary/aromatic N) is 2. The van der Waals surface area contributed by atoms with Gasteiger partial charge in [-0.15, -0.1) is 0 Å². The second-order valence-corrected chi connectivity index (χ2v) is 7.15. The fourth-order valence-electron chi connectivity index (χ4n) is 2.28. The summed E-state index contributed by atoms with van der Waals surface area (Å²) >= 11 is 7.15. The number of aromatic amines is 1. The average Bonchev–Trinajstić information content (AvgIpc) is 2.64. The molecule has 0 spiro atoms. The lowest BCUT2D eigenvalue weighted by atomic mass is 10.2. The summed E-state index contributed by atoms with van der Waals surface area (Å²) in [6, 6.07) is 5.59. The van der Waals surface area contributed by atoms with Gasteiger partial charge in [-0.1, -0.05) is 36.7 Å². The molecule has 1 aromatic carbocycles. The van der Waals surface area contributed by atoms with Gasteiger partial charge >= 0.3 is 0 Å². The van der Waals surface area contributed by atoms with Crippen molar-refractivity contribution in [3.05, 3.63) is 55.5 Å². The predicted molar refractivity (Wildman–Crippen MR) is 109 cm³/mol. The van der Waals surface area contributed by atoms with Gasteiger partial charge in [-0.3, -0.25) is 19.7 Å². The number of anilines is 1. The Morgan fingerprint density at radius 3 is 2.82 bits per heavy atom. The number of carbonyl (C=O) groups excluding carboxylic acids is 1. The summed E-state index contributed by atoms with van der Waals surface area (Å²) in [6.45, 7) is 2.74. The van der Waals surface area contributed by atoms with Crippen LogP contribution in [0.5, 0.6) is 0 Å². The molecule has 0 radical (unpaired) electrons. The quantitative estimate of drug-likeness (QED) is 0.175. The molecule has 9 nitrogen and oxygen atoms in total. The van der Waals surface area contributed by atoms with E-state index in [2.05, 4.69) is 20.6 Å². The summed E-state index contributed by atoms with van der Waals surface area (Å²) in [6.07, 6.45) is 1.59. The Hall–Kier alpha value is -2.59. The van der Waals surface area contributed by atoms with Crippen LogP contribution >= 0.6 is 23.4 Å². The summed E-state index contributed by atoms with van der Waals surface area (Å²) in [5.74, 6) is -0.0817. The van der Waals surface area contributed by atoms with Crippen LogP contribution in [-0.2, 0) is 11.2 Å². The number of thioether (sulfide) groups is 1. The average molecular weight is 426 g/mol. The molecular weight excluding hydrogens is 406 g/mol. The molecule has 2 rings (SSSR count). The smallest absolute Gasteiger partial charge is 0.271 e. The largest absolute Gasteiger partial charge is 0.382 e. The molecule has 11 heteroatoms. The molecule has 0 saturated carbocycles. The van der Waals surface area contributed by atoms with Gasteiger partial charge in [0.1, 0.15) is 0 Å². The Balaban J connectivity index is 1.75. The van der Waals surface area contributed by atoms with Crippen LogP contribution in [0, 0.1) is 10.1 Å². The number of aromatic nitrogens is 2. The lowest BCUT2D eigenvalue weighted by Gasteiger charge is -2.09. The molecule has 1 amide bonds. The molecule has 3 N–H and O–H groups in total. The Labute approximate surface area is 170 Å². The van der Waals surface area contributed by atoms with Crippen molar-refractivity contribution in [1.29, 1.82) is 0 Å². The van der Waals surface area contributed by atoms with E-state index in [9.17, 15) is 19.7 Å². The molecule has 0 aliphatic rings. The first kappa shape index (κ1) is 21.7. The van der Waals surface area contributed by atoms with Gasteiger partial charge in [0.2, 0.25) is 5.91 Å². The number of rotatable bonds is 10. The normalized spacial score (nSPS) is 10.5. The third kappa shape index (κ3) is 6.86. The fraction of sp³-hybridized carbons (Fsp3) is 0.353. The van der Waals surface area contributed by atoms with Gasteiger partial charge in [-0.2, -0.15) is 0 Å². The van der Waals surface area contributed by atoms with E-state index >= 15 is 0 Å². The van der Waals surface area contributed by atoms with Crippen molar-refractivity contribution in [3.63, 3.8) is 0 Å². The van der Waals surface area contributed by atoms with Gasteiger partial charge in [0.15, 0.2) is 5.16 Å². The maximum Gasteiger partial charge on any atom is 0.271 e. The summed E-state index contributed by atoms with van der Waals surface area (Å²) in [7, 11) is 0. The number of nitro groups is 1. The molecule has 28 heavy (non-hydrogen) atoms. The second-order valence-electron chi connectivity index (χ2n) is 5.78. The zero-order valence-electron chi connectivity index (χ0n) is 15.2. The van der Waals surface area contributed by atoms with Crippen LogP contribution in [0.1, 0.15) is 19.0 Å². The van der Waals surface area contributed by atoms with Crippen LogP contribution in [0.2, 0.25) is 5.02 Å². The molecule has 1 aromatic heterocycles. The molecule has 0 aliphatic carbocycles. The molecule has 0 fully saturated rings. The van der Waals surface area contributed by atoms with Crippen LogP contribution in [0.3, 0.4) is 0 Å². The highest BCUT2D eigenvalue weighted by molar-refractivity contribution is 7.99. The topological polar surface area (TPSA) is 130 Å². The van der Waals surface area contributed by atoms with E-state index in [1.54, 1.807) is 0 Å². The minimum atomic E-state index is -0.520.